The lowest BCUT2D eigenvalue weighted by atomic mass is 10.1. The first-order valence-corrected chi connectivity index (χ1v) is 6.92. The highest BCUT2D eigenvalue weighted by Gasteiger charge is 2.22. The van der Waals surface area contributed by atoms with Gasteiger partial charge in [-0.25, -0.2) is 4.68 Å². The summed E-state index contributed by atoms with van der Waals surface area (Å²) in [6.07, 6.45) is 1.57. The van der Waals surface area contributed by atoms with Crippen molar-refractivity contribution in [1.82, 2.24) is 15.0 Å². The fraction of sp³-hybridized carbons (Fsp3) is 0.0667. The molecule has 0 fully saturated rings. The standard InChI is InChI=1S/C15H11N5O4/c21-19(22)12-6-7-13(15(8-12)20(23)24)14-10-18(17-16-14)9-11-4-2-1-3-5-11/h1-8,10H,9H2. The molecule has 0 atom stereocenters. The van der Waals surface area contributed by atoms with Gasteiger partial charge >= 0.3 is 0 Å². The lowest BCUT2D eigenvalue weighted by Gasteiger charge is -2.00. The molecule has 0 saturated heterocycles. The summed E-state index contributed by atoms with van der Waals surface area (Å²) in [6.45, 7) is 0.467. The molecule has 24 heavy (non-hydrogen) atoms. The number of non-ortho nitro benzene ring substituents is 1. The number of rotatable bonds is 5. The zero-order chi connectivity index (χ0) is 17.1. The second-order valence-corrected chi connectivity index (χ2v) is 5.00. The summed E-state index contributed by atoms with van der Waals surface area (Å²) in [4.78, 5) is 20.6. The fourth-order valence-electron chi connectivity index (χ4n) is 2.27. The smallest absolute Gasteiger partial charge is 0.258 e. The Morgan fingerprint density at radius 1 is 1.00 bits per heavy atom. The van der Waals surface area contributed by atoms with Gasteiger partial charge in [-0.15, -0.1) is 5.10 Å². The molecule has 0 saturated carbocycles. The molecule has 0 aliphatic rings. The van der Waals surface area contributed by atoms with E-state index < -0.39 is 9.85 Å². The van der Waals surface area contributed by atoms with E-state index in [1.165, 1.54) is 12.1 Å². The van der Waals surface area contributed by atoms with Gasteiger partial charge in [0, 0.05) is 6.07 Å². The molecule has 9 nitrogen and oxygen atoms in total. The zero-order valence-corrected chi connectivity index (χ0v) is 12.3. The van der Waals surface area contributed by atoms with Gasteiger partial charge in [0.25, 0.3) is 11.4 Å². The molecular weight excluding hydrogens is 314 g/mol. The van der Waals surface area contributed by atoms with Crippen molar-refractivity contribution in [3.8, 4) is 11.3 Å². The topological polar surface area (TPSA) is 117 Å². The van der Waals surface area contributed by atoms with E-state index in [-0.39, 0.29) is 22.6 Å². The number of benzene rings is 2. The molecule has 2 aromatic carbocycles. The molecule has 1 heterocycles. The summed E-state index contributed by atoms with van der Waals surface area (Å²) < 4.78 is 1.55. The molecule has 0 unspecified atom stereocenters. The van der Waals surface area contributed by atoms with Gasteiger partial charge < -0.3 is 0 Å². The van der Waals surface area contributed by atoms with Crippen molar-refractivity contribution in [1.29, 1.82) is 0 Å². The van der Waals surface area contributed by atoms with Crippen LogP contribution in [0.1, 0.15) is 5.56 Å². The molecule has 0 spiro atoms. The number of nitro benzene ring substituents is 2. The molecule has 3 aromatic rings. The highest BCUT2D eigenvalue weighted by molar-refractivity contribution is 5.72. The molecule has 0 radical (unpaired) electrons. The predicted molar refractivity (Wildman–Crippen MR) is 84.3 cm³/mol. The molecule has 0 bridgehead atoms. The summed E-state index contributed by atoms with van der Waals surface area (Å²) in [6, 6.07) is 13.0. The van der Waals surface area contributed by atoms with Crippen LogP contribution < -0.4 is 0 Å². The Balaban J connectivity index is 1.95. The van der Waals surface area contributed by atoms with Crippen molar-refractivity contribution in [2.75, 3.05) is 0 Å². The van der Waals surface area contributed by atoms with Gasteiger partial charge in [-0.3, -0.25) is 20.2 Å². The third kappa shape index (κ3) is 3.09. The molecule has 3 rings (SSSR count). The van der Waals surface area contributed by atoms with Crippen LogP contribution >= 0.6 is 0 Å². The average Bonchev–Trinajstić information content (AvgIpc) is 3.03. The average molecular weight is 325 g/mol. The van der Waals surface area contributed by atoms with Crippen LogP contribution in [-0.4, -0.2) is 24.8 Å². The van der Waals surface area contributed by atoms with Gasteiger partial charge in [0.05, 0.1) is 34.2 Å². The van der Waals surface area contributed by atoms with Crippen LogP contribution in [0, 0.1) is 20.2 Å². The first kappa shape index (κ1) is 15.3. The number of aromatic nitrogens is 3. The molecule has 9 heteroatoms. The normalized spacial score (nSPS) is 10.5. The minimum absolute atomic E-state index is 0.185. The lowest BCUT2D eigenvalue weighted by molar-refractivity contribution is -0.393. The van der Waals surface area contributed by atoms with Crippen LogP contribution in [-0.2, 0) is 6.54 Å². The second-order valence-electron chi connectivity index (χ2n) is 5.00. The summed E-state index contributed by atoms with van der Waals surface area (Å²) in [7, 11) is 0. The zero-order valence-electron chi connectivity index (χ0n) is 12.3. The Kier molecular flexibility index (Phi) is 3.98. The van der Waals surface area contributed by atoms with E-state index in [1.54, 1.807) is 10.9 Å². The molecule has 0 N–H and O–H groups in total. The van der Waals surface area contributed by atoms with Crippen LogP contribution in [0.15, 0.2) is 54.7 Å². The fourth-order valence-corrected chi connectivity index (χ4v) is 2.27. The molecule has 0 amide bonds. The Labute approximate surface area is 135 Å². The van der Waals surface area contributed by atoms with Gasteiger partial charge in [-0.2, -0.15) is 0 Å². The monoisotopic (exact) mass is 325 g/mol. The SMILES string of the molecule is O=[N+]([O-])c1ccc(-c2cn(Cc3ccccc3)nn2)c([N+](=O)[O-])c1. The Bertz CT molecular complexity index is 907. The third-order valence-corrected chi connectivity index (χ3v) is 3.39. The maximum atomic E-state index is 11.2. The molecule has 1 aromatic heterocycles. The number of nitro groups is 2. The van der Waals surface area contributed by atoms with Crippen LogP contribution in [0.2, 0.25) is 0 Å². The van der Waals surface area contributed by atoms with Crippen molar-refractivity contribution in [2.45, 2.75) is 6.54 Å². The number of hydrogen-bond donors (Lipinski definition) is 0. The van der Waals surface area contributed by atoms with Gasteiger partial charge in [0.15, 0.2) is 0 Å². The van der Waals surface area contributed by atoms with Gasteiger partial charge in [0.2, 0.25) is 0 Å². The Morgan fingerprint density at radius 3 is 2.42 bits per heavy atom. The van der Waals surface area contributed by atoms with Crippen molar-refractivity contribution in [2.24, 2.45) is 0 Å². The van der Waals surface area contributed by atoms with E-state index in [4.69, 9.17) is 0 Å². The van der Waals surface area contributed by atoms with Gasteiger partial charge in [-0.05, 0) is 11.6 Å². The minimum Gasteiger partial charge on any atom is -0.258 e. The second kappa shape index (κ2) is 6.24. The highest BCUT2D eigenvalue weighted by atomic mass is 16.6. The molecular formula is C15H11N5O4. The lowest BCUT2D eigenvalue weighted by Crippen LogP contribution is -1.99. The summed E-state index contributed by atoms with van der Waals surface area (Å²) in [5.74, 6) is 0. The molecule has 0 aliphatic carbocycles. The van der Waals surface area contributed by atoms with E-state index in [2.05, 4.69) is 10.3 Å². The van der Waals surface area contributed by atoms with E-state index in [0.29, 0.717) is 6.54 Å². The minimum atomic E-state index is -0.678. The van der Waals surface area contributed by atoms with E-state index in [0.717, 1.165) is 11.6 Å². The summed E-state index contributed by atoms with van der Waals surface area (Å²) in [5, 5.41) is 29.9. The molecule has 120 valence electrons. The Morgan fingerprint density at radius 2 is 1.75 bits per heavy atom. The van der Waals surface area contributed by atoms with Crippen LogP contribution in [0.5, 0.6) is 0 Å². The predicted octanol–water partition coefficient (Wildman–Crippen LogP) is 2.81. The summed E-state index contributed by atoms with van der Waals surface area (Å²) in [5.41, 5.74) is 0.752. The van der Waals surface area contributed by atoms with Crippen LogP contribution in [0.4, 0.5) is 11.4 Å². The van der Waals surface area contributed by atoms with Crippen LogP contribution in [0.25, 0.3) is 11.3 Å². The van der Waals surface area contributed by atoms with Gasteiger partial charge in [-0.1, -0.05) is 35.5 Å². The van der Waals surface area contributed by atoms with E-state index >= 15 is 0 Å². The molecule has 0 aliphatic heterocycles. The number of hydrogen-bond acceptors (Lipinski definition) is 6. The maximum Gasteiger partial charge on any atom is 0.285 e. The first-order valence-electron chi connectivity index (χ1n) is 6.92. The summed E-state index contributed by atoms with van der Waals surface area (Å²) >= 11 is 0. The largest absolute Gasteiger partial charge is 0.285 e. The first-order chi connectivity index (χ1) is 11.5. The van der Waals surface area contributed by atoms with Gasteiger partial charge in [0.1, 0.15) is 5.69 Å². The van der Waals surface area contributed by atoms with Crippen molar-refractivity contribution in [3.05, 3.63) is 80.5 Å². The Hall–Kier alpha value is -3.62. The van der Waals surface area contributed by atoms with Crippen molar-refractivity contribution in [3.63, 3.8) is 0 Å². The van der Waals surface area contributed by atoms with E-state index in [9.17, 15) is 20.2 Å². The van der Waals surface area contributed by atoms with Crippen molar-refractivity contribution < 1.29 is 9.85 Å². The van der Waals surface area contributed by atoms with E-state index in [1.807, 2.05) is 30.3 Å². The third-order valence-electron chi connectivity index (χ3n) is 3.39. The van der Waals surface area contributed by atoms with Crippen LogP contribution in [0.3, 0.4) is 0 Å². The van der Waals surface area contributed by atoms with Crippen molar-refractivity contribution >= 4 is 11.4 Å². The maximum absolute atomic E-state index is 11.2. The number of nitrogens with zero attached hydrogens (tertiary/aromatic N) is 5. The highest BCUT2D eigenvalue weighted by Crippen LogP contribution is 2.31. The quantitative estimate of drug-likeness (QED) is 0.526.